The van der Waals surface area contributed by atoms with Crippen LogP contribution in [0.4, 0.5) is 11.4 Å². The third-order valence-corrected chi connectivity index (χ3v) is 3.78. The highest BCUT2D eigenvalue weighted by Gasteiger charge is 2.13. The number of rotatable bonds is 4. The number of nitrogens with one attached hydrogen (secondary N) is 1. The molecule has 1 aliphatic rings. The first-order chi connectivity index (χ1) is 10.3. The largest absolute Gasteiger partial charge is 0.388 e. The van der Waals surface area contributed by atoms with Crippen LogP contribution in [0.3, 0.4) is 0 Å². The van der Waals surface area contributed by atoms with Crippen LogP contribution in [0.1, 0.15) is 5.69 Å². The third kappa shape index (κ3) is 2.94. The molecule has 1 aromatic carbocycles. The standard InChI is InChI=1S/C16H21N3O2/c1-17-16-9-12(11-20-2)18-15-4-3-13(10-14(15)16)19-5-7-21-8-6-19/h3-4,9-10H,5-8,11H2,1-2H3,(H,17,18). The van der Waals surface area contributed by atoms with Gasteiger partial charge >= 0.3 is 0 Å². The average molecular weight is 287 g/mol. The first-order valence-electron chi connectivity index (χ1n) is 7.25. The molecular weight excluding hydrogens is 266 g/mol. The van der Waals surface area contributed by atoms with Gasteiger partial charge in [-0.1, -0.05) is 0 Å². The Balaban J connectivity index is 2.01. The van der Waals surface area contributed by atoms with Crippen molar-refractivity contribution in [1.82, 2.24) is 4.98 Å². The molecule has 1 saturated heterocycles. The molecule has 112 valence electrons. The number of methoxy groups -OCH3 is 1. The number of morpholine rings is 1. The van der Waals surface area contributed by atoms with Gasteiger partial charge in [0.05, 0.1) is 31.0 Å². The maximum absolute atomic E-state index is 5.42. The molecule has 2 heterocycles. The fourth-order valence-corrected chi connectivity index (χ4v) is 2.72. The molecule has 21 heavy (non-hydrogen) atoms. The van der Waals surface area contributed by atoms with Gasteiger partial charge in [0, 0.05) is 44.0 Å². The lowest BCUT2D eigenvalue weighted by atomic mass is 10.1. The van der Waals surface area contributed by atoms with Crippen molar-refractivity contribution in [2.75, 3.05) is 50.7 Å². The van der Waals surface area contributed by atoms with Crippen LogP contribution in [0.2, 0.25) is 0 Å². The van der Waals surface area contributed by atoms with E-state index in [1.807, 2.05) is 7.05 Å². The Morgan fingerprint density at radius 2 is 2.10 bits per heavy atom. The summed E-state index contributed by atoms with van der Waals surface area (Å²) in [7, 11) is 3.62. The van der Waals surface area contributed by atoms with Gasteiger partial charge in [0.1, 0.15) is 0 Å². The second kappa shape index (κ2) is 6.28. The van der Waals surface area contributed by atoms with Gasteiger partial charge in [0.15, 0.2) is 0 Å². The summed E-state index contributed by atoms with van der Waals surface area (Å²) in [6.07, 6.45) is 0. The van der Waals surface area contributed by atoms with Gasteiger partial charge in [-0.05, 0) is 24.3 Å². The molecule has 1 aromatic heterocycles. The third-order valence-electron chi connectivity index (χ3n) is 3.78. The molecule has 0 unspecified atom stereocenters. The average Bonchev–Trinajstić information content (AvgIpc) is 2.55. The number of nitrogens with zero attached hydrogens (tertiary/aromatic N) is 2. The van der Waals surface area contributed by atoms with Crippen LogP contribution in [0.15, 0.2) is 24.3 Å². The normalized spacial score (nSPS) is 15.4. The lowest BCUT2D eigenvalue weighted by Crippen LogP contribution is -2.36. The minimum atomic E-state index is 0.524. The van der Waals surface area contributed by atoms with Crippen LogP contribution in [0, 0.1) is 0 Å². The fraction of sp³-hybridized carbons (Fsp3) is 0.438. The van der Waals surface area contributed by atoms with Gasteiger partial charge in [-0.25, -0.2) is 0 Å². The minimum Gasteiger partial charge on any atom is -0.388 e. The Morgan fingerprint density at radius 1 is 1.29 bits per heavy atom. The van der Waals surface area contributed by atoms with Crippen molar-refractivity contribution in [2.24, 2.45) is 0 Å². The van der Waals surface area contributed by atoms with E-state index in [0.29, 0.717) is 6.61 Å². The van der Waals surface area contributed by atoms with E-state index in [1.165, 1.54) is 5.69 Å². The van der Waals surface area contributed by atoms with Crippen LogP contribution >= 0.6 is 0 Å². The van der Waals surface area contributed by atoms with E-state index in [0.717, 1.165) is 48.6 Å². The van der Waals surface area contributed by atoms with E-state index in [1.54, 1.807) is 7.11 Å². The van der Waals surface area contributed by atoms with E-state index < -0.39 is 0 Å². The minimum absolute atomic E-state index is 0.524. The maximum atomic E-state index is 5.42. The molecular formula is C16H21N3O2. The summed E-state index contributed by atoms with van der Waals surface area (Å²) >= 11 is 0. The van der Waals surface area contributed by atoms with Crippen LogP contribution in [-0.2, 0) is 16.1 Å². The number of fused-ring (bicyclic) bond motifs is 1. The van der Waals surface area contributed by atoms with Gasteiger partial charge in [0.2, 0.25) is 0 Å². The molecule has 2 aromatic rings. The molecule has 1 N–H and O–H groups in total. The van der Waals surface area contributed by atoms with E-state index in [2.05, 4.69) is 39.5 Å². The van der Waals surface area contributed by atoms with Crippen molar-refractivity contribution in [3.63, 3.8) is 0 Å². The smallest absolute Gasteiger partial charge is 0.0885 e. The van der Waals surface area contributed by atoms with Gasteiger partial charge < -0.3 is 19.7 Å². The van der Waals surface area contributed by atoms with E-state index in [9.17, 15) is 0 Å². The highest BCUT2D eigenvalue weighted by Crippen LogP contribution is 2.28. The first kappa shape index (κ1) is 14.1. The van der Waals surface area contributed by atoms with Crippen molar-refractivity contribution in [3.05, 3.63) is 30.0 Å². The predicted octanol–water partition coefficient (Wildman–Crippen LogP) is 2.26. The summed E-state index contributed by atoms with van der Waals surface area (Å²) in [5.41, 5.74) is 4.24. The molecule has 0 saturated carbocycles. The molecule has 3 rings (SSSR count). The summed E-state index contributed by atoms with van der Waals surface area (Å²) in [6.45, 7) is 3.99. The molecule has 0 radical (unpaired) electrons. The SMILES string of the molecule is CNc1cc(COC)nc2ccc(N3CCOCC3)cc12. The van der Waals surface area contributed by atoms with E-state index in [-0.39, 0.29) is 0 Å². The fourth-order valence-electron chi connectivity index (χ4n) is 2.72. The number of pyridine rings is 1. The van der Waals surface area contributed by atoms with Crippen molar-refractivity contribution < 1.29 is 9.47 Å². The molecule has 0 aliphatic carbocycles. The number of hydrogen-bond donors (Lipinski definition) is 1. The monoisotopic (exact) mass is 287 g/mol. The van der Waals surface area contributed by atoms with Gasteiger partial charge in [-0.3, -0.25) is 4.98 Å². The van der Waals surface area contributed by atoms with Crippen LogP contribution < -0.4 is 10.2 Å². The van der Waals surface area contributed by atoms with E-state index >= 15 is 0 Å². The number of hydrogen-bond acceptors (Lipinski definition) is 5. The quantitative estimate of drug-likeness (QED) is 0.934. The Morgan fingerprint density at radius 3 is 2.81 bits per heavy atom. The summed E-state index contributed by atoms with van der Waals surface area (Å²) in [6, 6.07) is 8.47. The van der Waals surface area contributed by atoms with E-state index in [4.69, 9.17) is 9.47 Å². The van der Waals surface area contributed by atoms with Crippen molar-refractivity contribution in [3.8, 4) is 0 Å². The molecule has 0 bridgehead atoms. The molecule has 0 amide bonds. The molecule has 1 aliphatic heterocycles. The zero-order chi connectivity index (χ0) is 14.7. The second-order valence-electron chi connectivity index (χ2n) is 5.15. The Labute approximate surface area is 124 Å². The Hall–Kier alpha value is -1.85. The van der Waals surface area contributed by atoms with Crippen LogP contribution in [0.5, 0.6) is 0 Å². The Bertz CT molecular complexity index is 624. The summed E-state index contributed by atoms with van der Waals surface area (Å²) in [4.78, 5) is 7.00. The van der Waals surface area contributed by atoms with Crippen LogP contribution in [-0.4, -0.2) is 45.4 Å². The van der Waals surface area contributed by atoms with Crippen molar-refractivity contribution >= 4 is 22.3 Å². The van der Waals surface area contributed by atoms with Gasteiger partial charge in [-0.15, -0.1) is 0 Å². The highest BCUT2D eigenvalue weighted by atomic mass is 16.5. The second-order valence-corrected chi connectivity index (χ2v) is 5.15. The predicted molar refractivity (Wildman–Crippen MR) is 85.0 cm³/mol. The van der Waals surface area contributed by atoms with Crippen molar-refractivity contribution in [2.45, 2.75) is 6.61 Å². The summed E-state index contributed by atoms with van der Waals surface area (Å²) in [5, 5.41) is 4.40. The van der Waals surface area contributed by atoms with Crippen LogP contribution in [0.25, 0.3) is 10.9 Å². The molecule has 0 spiro atoms. The Kier molecular flexibility index (Phi) is 4.22. The zero-order valence-corrected chi connectivity index (χ0v) is 12.6. The topological polar surface area (TPSA) is 46.6 Å². The lowest BCUT2D eigenvalue weighted by Gasteiger charge is -2.29. The van der Waals surface area contributed by atoms with Gasteiger partial charge in [0.25, 0.3) is 0 Å². The number of anilines is 2. The van der Waals surface area contributed by atoms with Crippen molar-refractivity contribution in [1.29, 1.82) is 0 Å². The lowest BCUT2D eigenvalue weighted by molar-refractivity contribution is 0.122. The number of benzene rings is 1. The summed E-state index contributed by atoms with van der Waals surface area (Å²) in [5.74, 6) is 0. The van der Waals surface area contributed by atoms with Gasteiger partial charge in [-0.2, -0.15) is 0 Å². The number of ether oxygens (including phenoxy) is 2. The molecule has 1 fully saturated rings. The highest BCUT2D eigenvalue weighted by molar-refractivity contribution is 5.93. The molecule has 5 heteroatoms. The zero-order valence-electron chi connectivity index (χ0n) is 12.6. The first-order valence-corrected chi connectivity index (χ1v) is 7.25. The number of aromatic nitrogens is 1. The molecule has 0 atom stereocenters. The molecule has 5 nitrogen and oxygen atoms in total. The summed E-state index contributed by atoms with van der Waals surface area (Å²) < 4.78 is 10.6. The maximum Gasteiger partial charge on any atom is 0.0885 e.